The molecular weight excluding hydrogens is 170 g/mol. The topological polar surface area (TPSA) is 3.24 Å². The molecule has 84 valence electrons. The highest BCUT2D eigenvalue weighted by Crippen LogP contribution is 2.37. The van der Waals surface area contributed by atoms with Gasteiger partial charge in [0.25, 0.3) is 0 Å². The second-order valence-electron chi connectivity index (χ2n) is 4.71. The Hall–Kier alpha value is -0.0400. The van der Waals surface area contributed by atoms with Gasteiger partial charge in [0.15, 0.2) is 0 Å². The van der Waals surface area contributed by atoms with E-state index in [9.17, 15) is 0 Å². The van der Waals surface area contributed by atoms with Crippen molar-refractivity contribution in [2.45, 2.75) is 71.3 Å². The molecule has 0 aromatic heterocycles. The predicted octanol–water partition coefficient (Wildman–Crippen LogP) is 3.83. The van der Waals surface area contributed by atoms with Crippen LogP contribution in [0.4, 0.5) is 0 Å². The Labute approximate surface area is 89.9 Å². The van der Waals surface area contributed by atoms with Crippen LogP contribution in [0.2, 0.25) is 0 Å². The van der Waals surface area contributed by atoms with E-state index in [2.05, 4.69) is 25.7 Å². The highest BCUT2D eigenvalue weighted by atomic mass is 15.2. The number of nitrogens with zero attached hydrogens (tertiary/aromatic N) is 1. The Morgan fingerprint density at radius 2 is 1.50 bits per heavy atom. The second kappa shape index (κ2) is 5.75. The summed E-state index contributed by atoms with van der Waals surface area (Å²) in [4.78, 5) is 2.72. The molecule has 1 fully saturated rings. The van der Waals surface area contributed by atoms with Crippen LogP contribution in [0.1, 0.15) is 65.7 Å². The van der Waals surface area contributed by atoms with Gasteiger partial charge in [-0.15, -0.1) is 0 Å². The van der Waals surface area contributed by atoms with E-state index in [0.717, 1.165) is 0 Å². The first kappa shape index (κ1) is 12.0. The van der Waals surface area contributed by atoms with Crippen molar-refractivity contribution >= 4 is 0 Å². The quantitative estimate of drug-likeness (QED) is 0.647. The van der Waals surface area contributed by atoms with Crippen molar-refractivity contribution in [1.29, 1.82) is 0 Å². The summed E-state index contributed by atoms with van der Waals surface area (Å²) in [5.41, 5.74) is 0.580. The first-order valence-electron chi connectivity index (χ1n) is 6.54. The summed E-state index contributed by atoms with van der Waals surface area (Å²) in [6.07, 6.45) is 10.0. The normalized spacial score (nSPS) is 21.4. The minimum atomic E-state index is 0.580. The van der Waals surface area contributed by atoms with E-state index in [-0.39, 0.29) is 0 Å². The minimum Gasteiger partial charge on any atom is -0.298 e. The fourth-order valence-electron chi connectivity index (χ4n) is 3.29. The van der Waals surface area contributed by atoms with Gasteiger partial charge in [-0.1, -0.05) is 46.5 Å². The fraction of sp³-hybridized carbons (Fsp3) is 1.00. The molecule has 0 spiro atoms. The van der Waals surface area contributed by atoms with Crippen molar-refractivity contribution in [2.24, 2.45) is 0 Å². The minimum absolute atomic E-state index is 0.580. The molecule has 0 saturated heterocycles. The highest BCUT2D eigenvalue weighted by Gasteiger charge is 2.35. The lowest BCUT2D eigenvalue weighted by atomic mass is 9.77. The Morgan fingerprint density at radius 1 is 0.929 bits per heavy atom. The van der Waals surface area contributed by atoms with Gasteiger partial charge in [0.05, 0.1) is 0 Å². The molecule has 0 heterocycles. The van der Waals surface area contributed by atoms with Gasteiger partial charge < -0.3 is 0 Å². The summed E-state index contributed by atoms with van der Waals surface area (Å²) in [5, 5.41) is 0. The van der Waals surface area contributed by atoms with Gasteiger partial charge in [0.1, 0.15) is 0 Å². The van der Waals surface area contributed by atoms with Crippen LogP contribution in [0, 0.1) is 0 Å². The molecule has 1 saturated carbocycles. The highest BCUT2D eigenvalue weighted by molar-refractivity contribution is 4.92. The molecule has 0 N–H and O–H groups in total. The van der Waals surface area contributed by atoms with Crippen LogP contribution >= 0.6 is 0 Å². The molecule has 1 nitrogen and oxygen atoms in total. The molecule has 0 aromatic rings. The maximum absolute atomic E-state index is 2.72. The van der Waals surface area contributed by atoms with Gasteiger partial charge in [0, 0.05) is 5.54 Å². The zero-order valence-corrected chi connectivity index (χ0v) is 10.3. The molecule has 0 bridgehead atoms. The third-order valence-electron chi connectivity index (χ3n) is 3.93. The standard InChI is InChI=1S/C13H27N/c1-4-10-13(14(5-2)6-3)11-8-7-9-12-13/h4-12H2,1-3H3. The van der Waals surface area contributed by atoms with Crippen molar-refractivity contribution in [2.75, 3.05) is 13.1 Å². The van der Waals surface area contributed by atoms with E-state index < -0.39 is 0 Å². The van der Waals surface area contributed by atoms with Crippen LogP contribution in [0.3, 0.4) is 0 Å². The summed E-state index contributed by atoms with van der Waals surface area (Å²) in [6, 6.07) is 0. The number of hydrogen-bond donors (Lipinski definition) is 0. The summed E-state index contributed by atoms with van der Waals surface area (Å²) in [5.74, 6) is 0. The molecule has 1 rings (SSSR count). The summed E-state index contributed by atoms with van der Waals surface area (Å²) in [7, 11) is 0. The van der Waals surface area contributed by atoms with Crippen molar-refractivity contribution in [3.8, 4) is 0 Å². The number of hydrogen-bond acceptors (Lipinski definition) is 1. The molecule has 0 aliphatic heterocycles. The van der Waals surface area contributed by atoms with Gasteiger partial charge in [-0.25, -0.2) is 0 Å². The van der Waals surface area contributed by atoms with E-state index in [1.165, 1.54) is 58.0 Å². The number of rotatable bonds is 5. The molecule has 1 heteroatoms. The smallest absolute Gasteiger partial charge is 0.0209 e. The van der Waals surface area contributed by atoms with E-state index in [4.69, 9.17) is 0 Å². The Kier molecular flexibility index (Phi) is 4.94. The second-order valence-corrected chi connectivity index (χ2v) is 4.71. The van der Waals surface area contributed by atoms with Gasteiger partial charge in [-0.2, -0.15) is 0 Å². The Balaban J connectivity index is 2.67. The monoisotopic (exact) mass is 197 g/mol. The Morgan fingerprint density at radius 3 is 1.93 bits per heavy atom. The molecule has 0 amide bonds. The average Bonchev–Trinajstić information content (AvgIpc) is 2.21. The lowest BCUT2D eigenvalue weighted by molar-refractivity contribution is 0.0506. The van der Waals surface area contributed by atoms with Gasteiger partial charge >= 0.3 is 0 Å². The SMILES string of the molecule is CCCC1(N(CC)CC)CCCCC1. The van der Waals surface area contributed by atoms with E-state index in [1.54, 1.807) is 0 Å². The maximum atomic E-state index is 2.72. The van der Waals surface area contributed by atoms with Crippen LogP contribution in [0.15, 0.2) is 0 Å². The molecule has 0 atom stereocenters. The van der Waals surface area contributed by atoms with E-state index in [0.29, 0.717) is 5.54 Å². The van der Waals surface area contributed by atoms with E-state index >= 15 is 0 Å². The van der Waals surface area contributed by atoms with Crippen LogP contribution in [-0.4, -0.2) is 23.5 Å². The first-order valence-corrected chi connectivity index (χ1v) is 6.54. The van der Waals surface area contributed by atoms with E-state index in [1.807, 2.05) is 0 Å². The Bertz CT molecular complexity index is 138. The lowest BCUT2D eigenvalue weighted by Crippen LogP contribution is -2.49. The fourth-order valence-corrected chi connectivity index (χ4v) is 3.29. The largest absolute Gasteiger partial charge is 0.298 e. The molecule has 0 unspecified atom stereocenters. The molecule has 14 heavy (non-hydrogen) atoms. The first-order chi connectivity index (χ1) is 6.79. The summed E-state index contributed by atoms with van der Waals surface area (Å²) in [6.45, 7) is 9.43. The third-order valence-corrected chi connectivity index (χ3v) is 3.93. The summed E-state index contributed by atoms with van der Waals surface area (Å²) < 4.78 is 0. The molecule has 0 radical (unpaired) electrons. The van der Waals surface area contributed by atoms with Crippen LogP contribution in [-0.2, 0) is 0 Å². The zero-order chi connectivity index (χ0) is 10.4. The van der Waals surface area contributed by atoms with Crippen molar-refractivity contribution < 1.29 is 0 Å². The molecular formula is C13H27N. The third kappa shape index (κ3) is 2.50. The van der Waals surface area contributed by atoms with Crippen LogP contribution < -0.4 is 0 Å². The van der Waals surface area contributed by atoms with Gasteiger partial charge in [-0.3, -0.25) is 4.90 Å². The molecule has 1 aliphatic carbocycles. The van der Waals surface area contributed by atoms with Crippen molar-refractivity contribution in [1.82, 2.24) is 4.90 Å². The maximum Gasteiger partial charge on any atom is 0.0209 e. The molecule has 1 aliphatic rings. The average molecular weight is 197 g/mol. The molecule has 0 aromatic carbocycles. The van der Waals surface area contributed by atoms with Crippen LogP contribution in [0.25, 0.3) is 0 Å². The predicted molar refractivity (Wildman–Crippen MR) is 63.6 cm³/mol. The van der Waals surface area contributed by atoms with Crippen molar-refractivity contribution in [3.63, 3.8) is 0 Å². The van der Waals surface area contributed by atoms with Crippen molar-refractivity contribution in [3.05, 3.63) is 0 Å². The summed E-state index contributed by atoms with van der Waals surface area (Å²) >= 11 is 0. The lowest BCUT2D eigenvalue weighted by Gasteiger charge is -2.46. The van der Waals surface area contributed by atoms with Gasteiger partial charge in [0.2, 0.25) is 0 Å². The zero-order valence-electron chi connectivity index (χ0n) is 10.3. The van der Waals surface area contributed by atoms with Gasteiger partial charge in [-0.05, 0) is 32.4 Å². The van der Waals surface area contributed by atoms with Crippen LogP contribution in [0.5, 0.6) is 0 Å².